The predicted octanol–water partition coefficient (Wildman–Crippen LogP) is 2.21. The average molecular weight is 318 g/mol. The van der Waals surface area contributed by atoms with Gasteiger partial charge in [-0.05, 0) is 25.2 Å². The smallest absolute Gasteiger partial charge is 0.318 e. The standard InChI is InChI=1S/C16H15O3PS/c1-8-9(2)14-12-11(15(17)19-16(12)18)13(8)20(14,21)10-6-4-3-5-7-10/h3-7,11-14H,1-2H3/t11-,12+,13-,14+,20?. The Morgan fingerprint density at radius 3 is 1.90 bits per heavy atom. The molecule has 0 aliphatic carbocycles. The van der Waals surface area contributed by atoms with Gasteiger partial charge in [0.2, 0.25) is 0 Å². The van der Waals surface area contributed by atoms with Crippen LogP contribution in [0.25, 0.3) is 0 Å². The Balaban J connectivity index is 1.96. The van der Waals surface area contributed by atoms with Crippen LogP contribution in [0.2, 0.25) is 0 Å². The second kappa shape index (κ2) is 4.15. The molecule has 0 amide bonds. The zero-order valence-corrected chi connectivity index (χ0v) is 13.5. The summed E-state index contributed by atoms with van der Waals surface area (Å²) in [6.07, 6.45) is 0. The van der Waals surface area contributed by atoms with E-state index < -0.39 is 6.04 Å². The molecule has 5 heteroatoms. The van der Waals surface area contributed by atoms with Crippen LogP contribution in [0.3, 0.4) is 0 Å². The fourth-order valence-corrected chi connectivity index (χ4v) is 11.2. The zero-order valence-electron chi connectivity index (χ0n) is 11.8. The average Bonchev–Trinajstić information content (AvgIpc) is 2.98. The van der Waals surface area contributed by atoms with Gasteiger partial charge in [-0.3, -0.25) is 9.59 Å². The van der Waals surface area contributed by atoms with Crippen molar-refractivity contribution in [1.82, 2.24) is 0 Å². The molecule has 3 heterocycles. The quantitative estimate of drug-likeness (QED) is 0.345. The Morgan fingerprint density at radius 2 is 1.43 bits per heavy atom. The highest BCUT2D eigenvalue weighted by Crippen LogP contribution is 2.75. The Hall–Kier alpha value is -1.25. The van der Waals surface area contributed by atoms with E-state index in [1.165, 1.54) is 11.1 Å². The van der Waals surface area contributed by atoms with Crippen LogP contribution in [0.1, 0.15) is 13.8 Å². The van der Waals surface area contributed by atoms with Crippen molar-refractivity contribution in [3.05, 3.63) is 41.5 Å². The third kappa shape index (κ3) is 1.43. The third-order valence-corrected chi connectivity index (χ3v) is 11.5. The number of carbonyl (C=O) groups excluding carboxylic acids is 2. The molecule has 1 aromatic carbocycles. The van der Waals surface area contributed by atoms with Gasteiger partial charge in [0.15, 0.2) is 0 Å². The number of hydrogen-bond donors (Lipinski definition) is 0. The predicted molar refractivity (Wildman–Crippen MR) is 84.4 cm³/mol. The van der Waals surface area contributed by atoms with E-state index in [0.717, 1.165) is 5.30 Å². The van der Waals surface area contributed by atoms with E-state index in [2.05, 4.69) is 26.0 Å². The molecule has 0 aromatic heterocycles. The first-order valence-electron chi connectivity index (χ1n) is 7.05. The van der Waals surface area contributed by atoms with Crippen molar-refractivity contribution < 1.29 is 14.3 Å². The fourth-order valence-electron chi connectivity index (χ4n) is 4.39. The summed E-state index contributed by atoms with van der Waals surface area (Å²) in [6.45, 7) is 4.13. The number of benzene rings is 1. The number of hydrogen-bond acceptors (Lipinski definition) is 4. The van der Waals surface area contributed by atoms with E-state index in [-0.39, 0.29) is 35.1 Å². The van der Waals surface area contributed by atoms with Gasteiger partial charge in [0.1, 0.15) is 0 Å². The summed E-state index contributed by atoms with van der Waals surface area (Å²) >= 11 is 6.17. The van der Waals surface area contributed by atoms with Gasteiger partial charge in [0.25, 0.3) is 0 Å². The van der Waals surface area contributed by atoms with Crippen LogP contribution in [-0.2, 0) is 26.1 Å². The Bertz CT molecular complexity index is 712. The zero-order chi connectivity index (χ0) is 14.9. The van der Waals surface area contributed by atoms with Crippen molar-refractivity contribution in [2.75, 3.05) is 0 Å². The minimum absolute atomic E-state index is 0.00356. The molecule has 108 valence electrons. The van der Waals surface area contributed by atoms with Gasteiger partial charge < -0.3 is 4.74 Å². The molecule has 0 spiro atoms. The maximum atomic E-state index is 12.1. The van der Waals surface area contributed by atoms with Crippen LogP contribution in [0.4, 0.5) is 0 Å². The lowest BCUT2D eigenvalue weighted by atomic mass is 9.78. The van der Waals surface area contributed by atoms with Crippen LogP contribution < -0.4 is 5.30 Å². The number of esters is 2. The molecule has 1 unspecified atom stereocenters. The van der Waals surface area contributed by atoms with Gasteiger partial charge in [-0.15, -0.1) is 0 Å². The topological polar surface area (TPSA) is 43.4 Å². The fraction of sp³-hybridized carbons (Fsp3) is 0.375. The summed E-state index contributed by atoms with van der Waals surface area (Å²) in [5, 5.41) is 1.14. The molecule has 3 aliphatic heterocycles. The normalized spacial score (nSPS) is 40.7. The second-order valence-corrected chi connectivity index (χ2v) is 11.0. The summed E-state index contributed by atoms with van der Waals surface area (Å²) in [5.41, 5.74) is 2.42. The van der Waals surface area contributed by atoms with Gasteiger partial charge in [-0.1, -0.05) is 53.3 Å². The van der Waals surface area contributed by atoms with Crippen LogP contribution in [0.15, 0.2) is 41.5 Å². The molecule has 5 atom stereocenters. The lowest BCUT2D eigenvalue weighted by Crippen LogP contribution is -2.30. The summed E-state index contributed by atoms with van der Waals surface area (Å²) in [7, 11) is 0. The number of cyclic esters (lactones) is 2. The maximum Gasteiger partial charge on any atom is 0.318 e. The summed E-state index contributed by atoms with van der Waals surface area (Å²) < 4.78 is 4.90. The Kier molecular flexibility index (Phi) is 2.65. The van der Waals surface area contributed by atoms with Crippen molar-refractivity contribution in [2.45, 2.75) is 25.2 Å². The van der Waals surface area contributed by atoms with E-state index >= 15 is 0 Å². The maximum absolute atomic E-state index is 12.1. The van der Waals surface area contributed by atoms with Gasteiger partial charge in [-0.2, -0.15) is 0 Å². The number of ether oxygens (including phenoxy) is 1. The molecule has 3 aliphatic rings. The third-order valence-electron chi connectivity index (χ3n) is 5.31. The van der Waals surface area contributed by atoms with Crippen LogP contribution in [0, 0.1) is 11.8 Å². The Morgan fingerprint density at radius 1 is 0.952 bits per heavy atom. The molecule has 1 aromatic rings. The van der Waals surface area contributed by atoms with Crippen LogP contribution in [0.5, 0.6) is 0 Å². The van der Waals surface area contributed by atoms with Crippen molar-refractivity contribution in [3.8, 4) is 0 Å². The highest BCUT2D eigenvalue weighted by molar-refractivity contribution is 8.19. The SMILES string of the molecule is CC1=C(C)[C@H]2[C@H]3C(=O)OC(=O)[C@H]3[C@@H]1P2(=S)c1ccccc1. The molecule has 0 N–H and O–H groups in total. The molecule has 2 saturated heterocycles. The Labute approximate surface area is 128 Å². The first-order valence-corrected chi connectivity index (χ1v) is 10.00. The monoisotopic (exact) mass is 318 g/mol. The van der Waals surface area contributed by atoms with E-state index in [4.69, 9.17) is 16.5 Å². The van der Waals surface area contributed by atoms with Crippen LogP contribution >= 0.6 is 6.04 Å². The van der Waals surface area contributed by atoms with E-state index in [1.807, 2.05) is 18.2 Å². The molecular formula is C16H15O3PS. The molecule has 0 saturated carbocycles. The van der Waals surface area contributed by atoms with Gasteiger partial charge >= 0.3 is 11.9 Å². The molecule has 2 fully saturated rings. The van der Waals surface area contributed by atoms with Gasteiger partial charge in [-0.25, -0.2) is 0 Å². The minimum atomic E-state index is -2.02. The molecule has 2 bridgehead atoms. The van der Waals surface area contributed by atoms with Crippen molar-refractivity contribution in [2.24, 2.45) is 11.8 Å². The highest BCUT2D eigenvalue weighted by Gasteiger charge is 2.69. The number of carbonyl (C=O) groups is 2. The summed E-state index contributed by atoms with van der Waals surface area (Å²) in [6, 6.07) is 8.04. The lowest BCUT2D eigenvalue weighted by Gasteiger charge is -2.25. The highest BCUT2D eigenvalue weighted by atomic mass is 32.4. The molecular weight excluding hydrogens is 303 g/mol. The van der Waals surface area contributed by atoms with Gasteiger partial charge in [0.05, 0.1) is 11.8 Å². The van der Waals surface area contributed by atoms with E-state index in [1.54, 1.807) is 0 Å². The summed E-state index contributed by atoms with van der Waals surface area (Å²) in [4.78, 5) is 24.3. The second-order valence-electron chi connectivity index (χ2n) is 6.09. The van der Waals surface area contributed by atoms with Crippen molar-refractivity contribution in [3.63, 3.8) is 0 Å². The lowest BCUT2D eigenvalue weighted by molar-refractivity contribution is -0.153. The molecule has 0 radical (unpaired) electrons. The van der Waals surface area contributed by atoms with Gasteiger partial charge in [0, 0.05) is 11.3 Å². The van der Waals surface area contributed by atoms with Crippen LogP contribution in [-0.4, -0.2) is 23.3 Å². The number of fused-ring (bicyclic) bond motifs is 5. The van der Waals surface area contributed by atoms with E-state index in [9.17, 15) is 9.59 Å². The van der Waals surface area contributed by atoms with E-state index in [0.29, 0.717) is 0 Å². The minimum Gasteiger partial charge on any atom is -0.393 e. The largest absolute Gasteiger partial charge is 0.393 e. The molecule has 4 rings (SSSR count). The van der Waals surface area contributed by atoms with Crippen molar-refractivity contribution >= 4 is 35.1 Å². The first-order chi connectivity index (χ1) is 9.98. The molecule has 3 nitrogen and oxygen atoms in total. The molecule has 21 heavy (non-hydrogen) atoms. The summed E-state index contributed by atoms with van der Waals surface area (Å²) in [5.74, 6) is -1.43. The first kappa shape index (κ1) is 13.4. The van der Waals surface area contributed by atoms with Crippen molar-refractivity contribution in [1.29, 1.82) is 0 Å². The number of rotatable bonds is 1. The number of allylic oxidation sites excluding steroid dienone is 2.